The molecule has 12 heteroatoms. The van der Waals surface area contributed by atoms with Crippen LogP contribution in [0.4, 0.5) is 14.5 Å². The summed E-state index contributed by atoms with van der Waals surface area (Å²) in [6.45, 7) is -2.71. The average Bonchev–Trinajstić information content (AvgIpc) is 3.49. The molecule has 5 rings (SSSR count). The molecule has 37 heavy (non-hydrogen) atoms. The Bertz CT molecular complexity index is 1500. The fourth-order valence-corrected chi connectivity index (χ4v) is 4.32. The van der Waals surface area contributed by atoms with Crippen LogP contribution in [0.2, 0.25) is 5.02 Å². The first-order valence-electron chi connectivity index (χ1n) is 11.5. The van der Waals surface area contributed by atoms with E-state index in [1.54, 1.807) is 29.3 Å². The fraction of sp³-hybridized carbons (Fsp3) is 0.240. The van der Waals surface area contributed by atoms with Crippen LogP contribution >= 0.6 is 11.6 Å². The van der Waals surface area contributed by atoms with Crippen LogP contribution in [0.15, 0.2) is 60.7 Å². The van der Waals surface area contributed by atoms with Crippen molar-refractivity contribution in [3.05, 3.63) is 71.3 Å². The molecular weight excluding hydrogens is 506 g/mol. The van der Waals surface area contributed by atoms with Gasteiger partial charge in [0, 0.05) is 42.0 Å². The summed E-state index contributed by atoms with van der Waals surface area (Å²) in [5.41, 5.74) is 2.38. The number of Topliss-reactive ketones (excluding diaryl/α,β-unsaturated/α-hetero) is 1. The first-order chi connectivity index (χ1) is 17.9. The minimum absolute atomic E-state index is 0.137. The Morgan fingerprint density at radius 1 is 1.24 bits per heavy atom. The molecule has 1 aliphatic rings. The molecule has 4 aromatic rings. The van der Waals surface area contributed by atoms with Crippen molar-refractivity contribution in [2.24, 2.45) is 0 Å². The normalized spacial score (nSPS) is 13.8. The van der Waals surface area contributed by atoms with Crippen molar-refractivity contribution in [3.8, 4) is 17.0 Å². The first-order valence-corrected chi connectivity index (χ1v) is 11.9. The summed E-state index contributed by atoms with van der Waals surface area (Å²) >= 11 is 6.17. The van der Waals surface area contributed by atoms with Crippen molar-refractivity contribution in [3.63, 3.8) is 0 Å². The summed E-state index contributed by atoms with van der Waals surface area (Å²) in [5, 5.41) is 11.8. The van der Waals surface area contributed by atoms with E-state index in [2.05, 4.69) is 20.5 Å². The molecule has 0 aliphatic heterocycles. The van der Waals surface area contributed by atoms with Crippen LogP contribution in [0.1, 0.15) is 36.0 Å². The van der Waals surface area contributed by atoms with E-state index in [9.17, 15) is 18.4 Å². The van der Waals surface area contributed by atoms with Gasteiger partial charge in [0.25, 0.3) is 5.91 Å². The molecule has 1 aliphatic carbocycles. The predicted molar refractivity (Wildman–Crippen MR) is 132 cm³/mol. The SMILES string of the molecule is O=C1CCC(=CCn2cc(NC(=O)c3cnn4cccnc34)c(-c3cc(Cl)ccc3OC(F)F)n2)CC1. The third-order valence-electron chi connectivity index (χ3n) is 5.96. The summed E-state index contributed by atoms with van der Waals surface area (Å²) in [6.07, 6.45) is 10.6. The summed E-state index contributed by atoms with van der Waals surface area (Å²) < 4.78 is 34.0. The van der Waals surface area contributed by atoms with Crippen LogP contribution in [0.25, 0.3) is 16.9 Å². The third kappa shape index (κ3) is 5.51. The predicted octanol–water partition coefficient (Wildman–Crippen LogP) is 5.17. The van der Waals surface area contributed by atoms with E-state index < -0.39 is 12.5 Å². The lowest BCUT2D eigenvalue weighted by atomic mass is 9.94. The van der Waals surface area contributed by atoms with Gasteiger partial charge in [-0.05, 0) is 37.1 Å². The number of aromatic nitrogens is 5. The molecule has 0 radical (unpaired) electrons. The summed E-state index contributed by atoms with van der Waals surface area (Å²) in [6, 6.07) is 5.88. The lowest BCUT2D eigenvalue weighted by Gasteiger charge is -2.12. The molecule has 0 saturated heterocycles. The molecule has 3 heterocycles. The number of nitrogens with one attached hydrogen (secondary N) is 1. The molecule has 0 bridgehead atoms. The Morgan fingerprint density at radius 2 is 2.05 bits per heavy atom. The van der Waals surface area contributed by atoms with Gasteiger partial charge in [-0.15, -0.1) is 0 Å². The zero-order chi connectivity index (χ0) is 25.9. The second-order valence-electron chi connectivity index (χ2n) is 8.43. The maximum atomic E-state index is 13.2. The molecule has 3 aromatic heterocycles. The number of hydrogen-bond donors (Lipinski definition) is 1. The Hall–Kier alpha value is -4.12. The number of ether oxygens (including phenoxy) is 1. The molecule has 0 atom stereocenters. The number of halogens is 3. The van der Waals surface area contributed by atoms with Crippen molar-refractivity contribution in [2.75, 3.05) is 5.32 Å². The highest BCUT2D eigenvalue weighted by molar-refractivity contribution is 6.31. The molecule has 9 nitrogen and oxygen atoms in total. The highest BCUT2D eigenvalue weighted by Crippen LogP contribution is 2.37. The molecular formula is C25H21ClF2N6O3. The monoisotopic (exact) mass is 526 g/mol. The van der Waals surface area contributed by atoms with Crippen LogP contribution in [0.5, 0.6) is 5.75 Å². The van der Waals surface area contributed by atoms with E-state index in [-0.39, 0.29) is 39.1 Å². The van der Waals surface area contributed by atoms with Gasteiger partial charge in [-0.25, -0.2) is 9.50 Å². The number of carbonyl (C=O) groups excluding carboxylic acids is 2. The van der Waals surface area contributed by atoms with Crippen LogP contribution < -0.4 is 10.1 Å². The topological polar surface area (TPSA) is 103 Å². The van der Waals surface area contributed by atoms with E-state index in [1.807, 2.05) is 6.08 Å². The van der Waals surface area contributed by atoms with E-state index >= 15 is 0 Å². The number of allylic oxidation sites excluding steroid dienone is 2. The Balaban J connectivity index is 1.51. The number of ketones is 1. The molecule has 1 aromatic carbocycles. The van der Waals surface area contributed by atoms with Crippen molar-refractivity contribution >= 4 is 34.6 Å². The fourth-order valence-electron chi connectivity index (χ4n) is 4.15. The molecule has 0 unspecified atom stereocenters. The van der Waals surface area contributed by atoms with Gasteiger partial charge in [0.1, 0.15) is 22.8 Å². The lowest BCUT2D eigenvalue weighted by Crippen LogP contribution is -2.12. The van der Waals surface area contributed by atoms with Crippen LogP contribution in [0.3, 0.4) is 0 Å². The zero-order valence-corrected chi connectivity index (χ0v) is 20.2. The van der Waals surface area contributed by atoms with Crippen molar-refractivity contribution in [1.29, 1.82) is 0 Å². The Kier molecular flexibility index (Phi) is 6.95. The van der Waals surface area contributed by atoms with Gasteiger partial charge in [-0.1, -0.05) is 23.3 Å². The van der Waals surface area contributed by atoms with Crippen molar-refractivity contribution in [2.45, 2.75) is 38.8 Å². The number of hydrogen-bond acceptors (Lipinski definition) is 6. The van der Waals surface area contributed by atoms with Gasteiger partial charge >= 0.3 is 6.61 Å². The van der Waals surface area contributed by atoms with E-state index in [0.717, 1.165) is 5.57 Å². The number of benzene rings is 1. The smallest absolute Gasteiger partial charge is 0.387 e. The van der Waals surface area contributed by atoms with Crippen LogP contribution in [0, 0.1) is 0 Å². The van der Waals surface area contributed by atoms with Gasteiger partial charge in [-0.2, -0.15) is 19.0 Å². The Morgan fingerprint density at radius 3 is 2.84 bits per heavy atom. The number of anilines is 1. The minimum atomic E-state index is -3.07. The number of alkyl halides is 2. The van der Waals surface area contributed by atoms with Gasteiger partial charge in [-0.3, -0.25) is 14.3 Å². The average molecular weight is 527 g/mol. The van der Waals surface area contributed by atoms with Crippen LogP contribution in [-0.4, -0.2) is 42.7 Å². The van der Waals surface area contributed by atoms with Gasteiger partial charge in [0.15, 0.2) is 5.65 Å². The molecule has 190 valence electrons. The first kappa shape index (κ1) is 24.6. The molecule has 1 N–H and O–H groups in total. The third-order valence-corrected chi connectivity index (χ3v) is 6.20. The molecule has 1 amide bonds. The molecule has 1 saturated carbocycles. The number of amides is 1. The maximum Gasteiger partial charge on any atom is 0.387 e. The molecule has 1 fully saturated rings. The van der Waals surface area contributed by atoms with E-state index in [4.69, 9.17) is 16.3 Å². The van der Waals surface area contributed by atoms with Crippen LogP contribution in [-0.2, 0) is 11.3 Å². The lowest BCUT2D eigenvalue weighted by molar-refractivity contribution is -0.119. The summed E-state index contributed by atoms with van der Waals surface area (Å²) in [7, 11) is 0. The molecule has 0 spiro atoms. The summed E-state index contributed by atoms with van der Waals surface area (Å²) in [4.78, 5) is 28.9. The second-order valence-corrected chi connectivity index (χ2v) is 8.87. The van der Waals surface area contributed by atoms with Gasteiger partial charge in [0.2, 0.25) is 0 Å². The highest BCUT2D eigenvalue weighted by Gasteiger charge is 2.22. The summed E-state index contributed by atoms with van der Waals surface area (Å²) in [5.74, 6) is -0.392. The van der Waals surface area contributed by atoms with Gasteiger partial charge in [0.05, 0.1) is 18.4 Å². The van der Waals surface area contributed by atoms with Gasteiger partial charge < -0.3 is 10.1 Å². The number of fused-ring (bicyclic) bond motifs is 1. The zero-order valence-electron chi connectivity index (χ0n) is 19.4. The highest BCUT2D eigenvalue weighted by atomic mass is 35.5. The standard InChI is InChI=1S/C25H21ClF2N6O3/c26-16-4-7-21(37-25(27)28)18(12-16)22-20(14-33(32-22)11-8-15-2-5-17(35)6-3-15)31-24(36)19-13-30-34-10-1-9-29-23(19)34/h1,4,7-10,12-14,25H,2-3,5-6,11H2,(H,31,36). The number of rotatable bonds is 7. The van der Waals surface area contributed by atoms with Crippen molar-refractivity contribution < 1.29 is 23.1 Å². The Labute approximate surface area is 214 Å². The van der Waals surface area contributed by atoms with E-state index in [0.29, 0.717) is 37.9 Å². The van der Waals surface area contributed by atoms with Crippen molar-refractivity contribution in [1.82, 2.24) is 24.4 Å². The van der Waals surface area contributed by atoms with E-state index in [1.165, 1.54) is 28.9 Å². The second kappa shape index (κ2) is 10.5. The number of carbonyl (C=O) groups is 2. The number of nitrogens with zero attached hydrogens (tertiary/aromatic N) is 5. The maximum absolute atomic E-state index is 13.2. The largest absolute Gasteiger partial charge is 0.434 e. The minimum Gasteiger partial charge on any atom is -0.434 e. The quantitative estimate of drug-likeness (QED) is 0.333.